The highest BCUT2D eigenvalue weighted by Gasteiger charge is 2.30. The molecule has 1 unspecified atom stereocenters. The van der Waals surface area contributed by atoms with Crippen molar-refractivity contribution in [2.75, 3.05) is 13.1 Å². The standard InChI is InChI=1S/C20H28FN3O2S/c1-3-10-24-16(2)13-22-20(24)12-17-7-6-11-23(14-17)27(25,26)15-18-8-4-5-9-19(18)21/h4-5,8-9,13,17H,3,6-7,10-12,14-15H2,1-2H3. The Morgan fingerprint density at radius 2 is 2.07 bits per heavy atom. The van der Waals surface area contributed by atoms with Crippen LogP contribution in [0.1, 0.15) is 43.3 Å². The molecular weight excluding hydrogens is 365 g/mol. The fourth-order valence-corrected chi connectivity index (χ4v) is 5.47. The van der Waals surface area contributed by atoms with Crippen LogP contribution in [0.3, 0.4) is 0 Å². The Morgan fingerprint density at radius 3 is 2.81 bits per heavy atom. The van der Waals surface area contributed by atoms with Gasteiger partial charge in [0, 0.05) is 43.5 Å². The largest absolute Gasteiger partial charge is 0.332 e. The van der Waals surface area contributed by atoms with E-state index in [0.717, 1.165) is 43.7 Å². The van der Waals surface area contributed by atoms with Crippen molar-refractivity contribution >= 4 is 10.0 Å². The maximum atomic E-state index is 13.9. The highest BCUT2D eigenvalue weighted by atomic mass is 32.2. The predicted molar refractivity (Wildman–Crippen MR) is 104 cm³/mol. The van der Waals surface area contributed by atoms with Crippen LogP contribution in [0, 0.1) is 18.7 Å². The molecule has 2 aromatic rings. The van der Waals surface area contributed by atoms with E-state index in [1.807, 2.05) is 6.20 Å². The van der Waals surface area contributed by atoms with E-state index in [-0.39, 0.29) is 17.2 Å². The van der Waals surface area contributed by atoms with Crippen LogP contribution >= 0.6 is 0 Å². The fourth-order valence-electron chi connectivity index (χ4n) is 3.81. The number of aryl methyl sites for hydroxylation is 1. The van der Waals surface area contributed by atoms with Crippen LogP contribution in [0.2, 0.25) is 0 Å². The average molecular weight is 394 g/mol. The van der Waals surface area contributed by atoms with Gasteiger partial charge in [0.05, 0.1) is 5.75 Å². The highest BCUT2D eigenvalue weighted by molar-refractivity contribution is 7.88. The molecule has 0 aliphatic carbocycles. The summed E-state index contributed by atoms with van der Waals surface area (Å²) in [7, 11) is -3.53. The number of rotatable bonds is 7. The van der Waals surface area contributed by atoms with E-state index in [4.69, 9.17) is 0 Å². The number of nitrogens with zero attached hydrogens (tertiary/aromatic N) is 3. The van der Waals surface area contributed by atoms with Gasteiger partial charge >= 0.3 is 0 Å². The molecular formula is C20H28FN3O2S. The molecule has 2 heterocycles. The van der Waals surface area contributed by atoms with Gasteiger partial charge in [-0.3, -0.25) is 0 Å². The van der Waals surface area contributed by atoms with Crippen LogP contribution in [-0.4, -0.2) is 35.4 Å². The van der Waals surface area contributed by atoms with E-state index in [1.165, 1.54) is 10.4 Å². The fraction of sp³-hybridized carbons (Fsp3) is 0.550. The van der Waals surface area contributed by atoms with Gasteiger partial charge < -0.3 is 4.57 Å². The minimum Gasteiger partial charge on any atom is -0.332 e. The Balaban J connectivity index is 1.69. The molecule has 148 valence electrons. The summed E-state index contributed by atoms with van der Waals surface area (Å²) in [4.78, 5) is 4.54. The Labute approximate surface area is 161 Å². The third-order valence-electron chi connectivity index (χ3n) is 5.23. The third-order valence-corrected chi connectivity index (χ3v) is 7.02. The number of imidazole rings is 1. The van der Waals surface area contributed by atoms with E-state index in [1.54, 1.807) is 18.2 Å². The molecule has 0 N–H and O–H groups in total. The van der Waals surface area contributed by atoms with Gasteiger partial charge in [-0.15, -0.1) is 0 Å². The summed E-state index contributed by atoms with van der Waals surface area (Å²) in [5.74, 6) is 0.529. The first-order chi connectivity index (χ1) is 12.9. The monoisotopic (exact) mass is 393 g/mol. The minimum absolute atomic E-state index is 0.230. The van der Waals surface area contributed by atoms with Gasteiger partial charge in [-0.1, -0.05) is 25.1 Å². The number of benzene rings is 1. The van der Waals surface area contributed by atoms with Gasteiger partial charge in [-0.2, -0.15) is 0 Å². The van der Waals surface area contributed by atoms with E-state index < -0.39 is 15.8 Å². The summed E-state index contributed by atoms with van der Waals surface area (Å²) >= 11 is 0. The molecule has 1 aliphatic heterocycles. The summed E-state index contributed by atoms with van der Waals surface area (Å²) < 4.78 is 43.3. The molecule has 1 aromatic heterocycles. The number of halogens is 1. The van der Waals surface area contributed by atoms with Gasteiger partial charge in [-0.25, -0.2) is 22.1 Å². The van der Waals surface area contributed by atoms with Crippen LogP contribution in [0.25, 0.3) is 0 Å². The van der Waals surface area contributed by atoms with Crippen molar-refractivity contribution in [2.45, 2.75) is 51.8 Å². The Bertz CT molecular complexity index is 879. The second-order valence-electron chi connectivity index (χ2n) is 7.39. The second-order valence-corrected chi connectivity index (χ2v) is 9.35. The SMILES string of the molecule is CCCn1c(C)cnc1CC1CCCN(S(=O)(=O)Cc2ccccc2F)C1. The van der Waals surface area contributed by atoms with Crippen molar-refractivity contribution in [3.05, 3.63) is 53.4 Å². The first-order valence-corrected chi connectivity index (χ1v) is 11.2. The zero-order chi connectivity index (χ0) is 19.4. The molecule has 0 amide bonds. The third kappa shape index (κ3) is 4.76. The summed E-state index contributed by atoms with van der Waals surface area (Å²) in [5.41, 5.74) is 1.38. The Morgan fingerprint density at radius 1 is 1.30 bits per heavy atom. The van der Waals surface area contributed by atoms with Crippen molar-refractivity contribution in [3.8, 4) is 0 Å². The predicted octanol–water partition coefficient (Wildman–Crippen LogP) is 3.53. The Kier molecular flexibility index (Phi) is 6.32. The summed E-state index contributed by atoms with van der Waals surface area (Å²) in [6.07, 6.45) is 5.52. The molecule has 5 nitrogen and oxygen atoms in total. The molecule has 0 radical (unpaired) electrons. The number of hydrogen-bond acceptors (Lipinski definition) is 3. The molecule has 1 aliphatic rings. The van der Waals surface area contributed by atoms with E-state index in [2.05, 4.69) is 23.4 Å². The first kappa shape index (κ1) is 20.0. The van der Waals surface area contributed by atoms with Gasteiger partial charge in [0.15, 0.2) is 0 Å². The molecule has 1 aromatic carbocycles. The molecule has 0 bridgehead atoms. The molecule has 1 atom stereocenters. The molecule has 1 fully saturated rings. The van der Waals surface area contributed by atoms with Crippen LogP contribution < -0.4 is 0 Å². The number of aromatic nitrogens is 2. The zero-order valence-electron chi connectivity index (χ0n) is 16.1. The average Bonchev–Trinajstić information content (AvgIpc) is 2.98. The zero-order valence-corrected chi connectivity index (χ0v) is 16.9. The molecule has 7 heteroatoms. The summed E-state index contributed by atoms with van der Waals surface area (Å²) in [6, 6.07) is 6.09. The van der Waals surface area contributed by atoms with Gasteiger partial charge in [0.25, 0.3) is 0 Å². The van der Waals surface area contributed by atoms with Crippen LogP contribution in [0.15, 0.2) is 30.5 Å². The van der Waals surface area contributed by atoms with Crippen LogP contribution in [-0.2, 0) is 28.7 Å². The second kappa shape index (κ2) is 8.52. The summed E-state index contributed by atoms with van der Waals surface area (Å²) in [5, 5.41) is 0. The number of hydrogen-bond donors (Lipinski definition) is 0. The Hall–Kier alpha value is -1.73. The van der Waals surface area contributed by atoms with Crippen LogP contribution in [0.4, 0.5) is 4.39 Å². The molecule has 1 saturated heterocycles. The molecule has 3 rings (SSSR count). The highest BCUT2D eigenvalue weighted by Crippen LogP contribution is 2.25. The maximum Gasteiger partial charge on any atom is 0.218 e. The van der Waals surface area contributed by atoms with Crippen molar-refractivity contribution in [1.29, 1.82) is 0 Å². The minimum atomic E-state index is -3.53. The lowest BCUT2D eigenvalue weighted by molar-refractivity contribution is 0.261. The molecule has 0 spiro atoms. The first-order valence-electron chi connectivity index (χ1n) is 9.63. The van der Waals surface area contributed by atoms with Crippen molar-refractivity contribution < 1.29 is 12.8 Å². The normalized spacial score (nSPS) is 18.7. The van der Waals surface area contributed by atoms with Crippen molar-refractivity contribution in [2.24, 2.45) is 5.92 Å². The lowest BCUT2D eigenvalue weighted by atomic mass is 9.96. The smallest absolute Gasteiger partial charge is 0.218 e. The van der Waals surface area contributed by atoms with E-state index >= 15 is 0 Å². The maximum absolute atomic E-state index is 13.9. The number of piperidine rings is 1. The molecule has 27 heavy (non-hydrogen) atoms. The van der Waals surface area contributed by atoms with Gasteiger partial charge in [0.1, 0.15) is 11.6 Å². The van der Waals surface area contributed by atoms with E-state index in [9.17, 15) is 12.8 Å². The topological polar surface area (TPSA) is 55.2 Å². The van der Waals surface area contributed by atoms with Crippen molar-refractivity contribution in [3.63, 3.8) is 0 Å². The van der Waals surface area contributed by atoms with Gasteiger partial charge in [0.2, 0.25) is 10.0 Å². The quantitative estimate of drug-likeness (QED) is 0.723. The lowest BCUT2D eigenvalue weighted by Gasteiger charge is -2.32. The van der Waals surface area contributed by atoms with Crippen molar-refractivity contribution in [1.82, 2.24) is 13.9 Å². The lowest BCUT2D eigenvalue weighted by Crippen LogP contribution is -2.41. The summed E-state index contributed by atoms with van der Waals surface area (Å²) in [6.45, 7) is 6.12. The number of sulfonamides is 1. The van der Waals surface area contributed by atoms with Crippen LogP contribution in [0.5, 0.6) is 0 Å². The molecule has 0 saturated carbocycles. The van der Waals surface area contributed by atoms with E-state index in [0.29, 0.717) is 13.1 Å². The van der Waals surface area contributed by atoms with Gasteiger partial charge in [-0.05, 0) is 38.2 Å².